The van der Waals surface area contributed by atoms with E-state index in [9.17, 15) is 33.9 Å². The maximum absolute atomic E-state index is 13.9. The number of carboxylic acids is 1. The molecule has 0 aromatic heterocycles. The largest absolute Gasteiger partial charge is 0.480 e. The first-order valence-corrected chi connectivity index (χ1v) is 17.7. The maximum Gasteiger partial charge on any atom is 0.326 e. The van der Waals surface area contributed by atoms with Gasteiger partial charge in [-0.1, -0.05) is 63.9 Å². The van der Waals surface area contributed by atoms with Gasteiger partial charge in [-0.25, -0.2) is 4.79 Å². The van der Waals surface area contributed by atoms with E-state index in [1.807, 2.05) is 51.1 Å². The summed E-state index contributed by atoms with van der Waals surface area (Å²) in [4.78, 5) is 83.8. The first kappa shape index (κ1) is 42.4. The second-order valence-electron chi connectivity index (χ2n) is 13.5. The minimum atomic E-state index is -1.25. The Bertz CT molecular complexity index is 1350. The molecular formula is C35H57N9O7. The fraction of sp³-hybridized carbons (Fsp3) is 0.629. The molecule has 1 fully saturated rings. The SMILES string of the molecule is CCCC[C@H](NC(=O)[C@@H](N)Cc1ccccc1)C(=O)N1CCC[C@H]1C(=O)N[C@@H](CC(C)C)C(=O)N[C@@H](C)C(=O)N[C@@H](CCCN=C(N)N)C(=O)O. The lowest BCUT2D eigenvalue weighted by Crippen LogP contribution is -2.58. The lowest BCUT2D eigenvalue weighted by molar-refractivity contribution is -0.143. The van der Waals surface area contributed by atoms with Gasteiger partial charge in [0.2, 0.25) is 29.5 Å². The van der Waals surface area contributed by atoms with Gasteiger partial charge in [-0.05, 0) is 63.4 Å². The number of aliphatic carboxylic acids is 1. The van der Waals surface area contributed by atoms with Crippen molar-refractivity contribution in [2.24, 2.45) is 28.1 Å². The van der Waals surface area contributed by atoms with E-state index >= 15 is 0 Å². The second kappa shape index (κ2) is 21.5. The number of unbranched alkanes of at least 4 members (excludes halogenated alkanes) is 1. The Morgan fingerprint density at radius 2 is 1.53 bits per heavy atom. The van der Waals surface area contributed by atoms with E-state index in [2.05, 4.69) is 26.3 Å². The number of amides is 5. The van der Waals surface area contributed by atoms with Crippen LogP contribution in [0.1, 0.15) is 84.6 Å². The highest BCUT2D eigenvalue weighted by atomic mass is 16.4. The molecule has 11 N–H and O–H groups in total. The number of nitrogens with one attached hydrogen (secondary N) is 4. The van der Waals surface area contributed by atoms with Gasteiger partial charge in [-0.3, -0.25) is 29.0 Å². The smallest absolute Gasteiger partial charge is 0.326 e. The minimum absolute atomic E-state index is 0.0261. The van der Waals surface area contributed by atoms with Crippen LogP contribution < -0.4 is 38.5 Å². The molecule has 1 aliphatic heterocycles. The van der Waals surface area contributed by atoms with Crippen molar-refractivity contribution in [3.8, 4) is 0 Å². The number of carbonyl (C=O) groups excluding carboxylic acids is 5. The zero-order chi connectivity index (χ0) is 38.1. The van der Waals surface area contributed by atoms with E-state index in [0.29, 0.717) is 45.1 Å². The van der Waals surface area contributed by atoms with Crippen molar-refractivity contribution in [1.29, 1.82) is 0 Å². The van der Waals surface area contributed by atoms with Gasteiger partial charge in [0.15, 0.2) is 5.96 Å². The molecule has 284 valence electrons. The van der Waals surface area contributed by atoms with Gasteiger partial charge in [0, 0.05) is 13.1 Å². The number of nitrogens with two attached hydrogens (primary N) is 3. The molecule has 0 bridgehead atoms. The minimum Gasteiger partial charge on any atom is -0.480 e. The molecule has 51 heavy (non-hydrogen) atoms. The molecule has 6 atom stereocenters. The average molecular weight is 716 g/mol. The predicted molar refractivity (Wildman–Crippen MR) is 193 cm³/mol. The highest BCUT2D eigenvalue weighted by molar-refractivity contribution is 5.96. The fourth-order valence-electron chi connectivity index (χ4n) is 5.82. The summed E-state index contributed by atoms with van der Waals surface area (Å²) in [6.45, 7) is 7.62. The van der Waals surface area contributed by atoms with Crippen LogP contribution in [0.2, 0.25) is 0 Å². The number of carboxylic acid groups (broad SMARTS) is 1. The average Bonchev–Trinajstić information content (AvgIpc) is 3.57. The third-order valence-corrected chi connectivity index (χ3v) is 8.59. The fourth-order valence-corrected chi connectivity index (χ4v) is 5.82. The Balaban J connectivity index is 2.09. The van der Waals surface area contributed by atoms with Gasteiger partial charge in [0.1, 0.15) is 30.2 Å². The van der Waals surface area contributed by atoms with Crippen LogP contribution in [-0.2, 0) is 35.2 Å². The van der Waals surface area contributed by atoms with Crippen molar-refractivity contribution in [3.63, 3.8) is 0 Å². The summed E-state index contributed by atoms with van der Waals surface area (Å²) in [6, 6.07) is 3.34. The van der Waals surface area contributed by atoms with Gasteiger partial charge in [-0.2, -0.15) is 0 Å². The molecule has 16 nitrogen and oxygen atoms in total. The molecule has 0 unspecified atom stereocenters. The summed E-state index contributed by atoms with van der Waals surface area (Å²) in [5.41, 5.74) is 17.7. The van der Waals surface area contributed by atoms with Crippen molar-refractivity contribution >= 4 is 41.5 Å². The van der Waals surface area contributed by atoms with Crippen LogP contribution >= 0.6 is 0 Å². The van der Waals surface area contributed by atoms with Crippen LogP contribution in [0.5, 0.6) is 0 Å². The summed E-state index contributed by atoms with van der Waals surface area (Å²) in [5.74, 6) is -4.12. The third kappa shape index (κ3) is 14.6. The number of hydrogen-bond donors (Lipinski definition) is 8. The Kier molecular flexibility index (Phi) is 17.9. The molecule has 0 radical (unpaired) electrons. The molecule has 16 heteroatoms. The monoisotopic (exact) mass is 715 g/mol. The van der Waals surface area contributed by atoms with Crippen LogP contribution in [-0.4, -0.2) is 101 Å². The summed E-state index contributed by atoms with van der Waals surface area (Å²) < 4.78 is 0. The molecule has 1 aliphatic rings. The number of benzene rings is 1. The zero-order valence-electron chi connectivity index (χ0n) is 30.2. The first-order chi connectivity index (χ1) is 24.1. The second-order valence-corrected chi connectivity index (χ2v) is 13.5. The number of carbonyl (C=O) groups is 6. The van der Waals surface area contributed by atoms with E-state index in [1.165, 1.54) is 11.8 Å². The van der Waals surface area contributed by atoms with E-state index in [1.54, 1.807) is 0 Å². The van der Waals surface area contributed by atoms with Gasteiger partial charge < -0.3 is 48.5 Å². The number of guanidine groups is 1. The van der Waals surface area contributed by atoms with E-state index in [0.717, 1.165) is 12.0 Å². The number of likely N-dealkylation sites (tertiary alicyclic amines) is 1. The van der Waals surface area contributed by atoms with Gasteiger partial charge in [0.05, 0.1) is 6.04 Å². The number of hydrogen-bond acceptors (Lipinski definition) is 8. The topological polar surface area (TPSA) is 264 Å². The molecule has 1 aromatic rings. The summed E-state index contributed by atoms with van der Waals surface area (Å²) in [5, 5.41) is 20.2. The maximum atomic E-state index is 13.9. The van der Waals surface area contributed by atoms with E-state index in [-0.39, 0.29) is 37.2 Å². The number of aliphatic imine (C=N–C) groups is 1. The Hall–Kier alpha value is -4.73. The van der Waals surface area contributed by atoms with Crippen molar-refractivity contribution < 1.29 is 33.9 Å². The summed E-state index contributed by atoms with van der Waals surface area (Å²) in [6.07, 6.45) is 3.66. The molecule has 2 rings (SSSR count). The Morgan fingerprint density at radius 3 is 2.14 bits per heavy atom. The lowest BCUT2D eigenvalue weighted by Gasteiger charge is -2.31. The van der Waals surface area contributed by atoms with Crippen molar-refractivity contribution in [3.05, 3.63) is 35.9 Å². The van der Waals surface area contributed by atoms with Crippen LogP contribution in [0, 0.1) is 5.92 Å². The molecule has 0 spiro atoms. The highest BCUT2D eigenvalue weighted by Gasteiger charge is 2.39. The van der Waals surface area contributed by atoms with Gasteiger partial charge in [0.25, 0.3) is 0 Å². The predicted octanol–water partition coefficient (Wildman–Crippen LogP) is -0.119. The molecule has 5 amide bonds. The number of nitrogens with zero attached hydrogens (tertiary/aromatic N) is 2. The highest BCUT2D eigenvalue weighted by Crippen LogP contribution is 2.21. The van der Waals surface area contributed by atoms with E-state index in [4.69, 9.17) is 17.2 Å². The summed E-state index contributed by atoms with van der Waals surface area (Å²) in [7, 11) is 0. The van der Waals surface area contributed by atoms with Crippen molar-refractivity contribution in [2.75, 3.05) is 13.1 Å². The lowest BCUT2D eigenvalue weighted by atomic mass is 10.0. The van der Waals surface area contributed by atoms with Crippen LogP contribution in [0.25, 0.3) is 0 Å². The van der Waals surface area contributed by atoms with Crippen LogP contribution in [0.3, 0.4) is 0 Å². The zero-order valence-corrected chi connectivity index (χ0v) is 30.2. The molecular weight excluding hydrogens is 658 g/mol. The van der Waals surface area contributed by atoms with Gasteiger partial charge >= 0.3 is 5.97 Å². The quantitative estimate of drug-likeness (QED) is 0.0475. The Labute approximate surface area is 300 Å². The van der Waals surface area contributed by atoms with Crippen molar-refractivity contribution in [1.82, 2.24) is 26.2 Å². The van der Waals surface area contributed by atoms with Crippen LogP contribution in [0.15, 0.2) is 35.3 Å². The molecule has 0 saturated carbocycles. The molecule has 1 aromatic carbocycles. The van der Waals surface area contributed by atoms with E-state index < -0.39 is 65.8 Å². The third-order valence-electron chi connectivity index (χ3n) is 8.59. The normalized spacial score (nSPS) is 17.0. The molecule has 0 aliphatic carbocycles. The Morgan fingerprint density at radius 1 is 0.882 bits per heavy atom. The molecule has 1 saturated heterocycles. The van der Waals surface area contributed by atoms with Gasteiger partial charge in [-0.15, -0.1) is 0 Å². The molecule has 1 heterocycles. The number of rotatable bonds is 21. The summed E-state index contributed by atoms with van der Waals surface area (Å²) >= 11 is 0. The van der Waals surface area contributed by atoms with Crippen LogP contribution in [0.4, 0.5) is 0 Å². The first-order valence-electron chi connectivity index (χ1n) is 17.7. The van der Waals surface area contributed by atoms with Crippen molar-refractivity contribution in [2.45, 2.75) is 122 Å². The standard InChI is InChI=1S/C35H57N9O7/c1-5-6-14-25(41-30(46)24(36)20-23-12-8-7-9-13-23)33(49)44-18-11-16-28(44)32(48)43-27(19-21(2)3)31(47)40-22(4)29(45)42-26(34(50)51)15-10-17-39-35(37)38/h7-9,12-13,21-22,24-28H,5-6,10-11,14-20,36H2,1-4H3,(H,40,47)(H,41,46)(H,42,45)(H,43,48)(H,50,51)(H4,37,38,39)/t22-,24-,25-,26-,27-,28-/m0/s1.